The zero-order valence-corrected chi connectivity index (χ0v) is 10.2. The normalized spacial score (nSPS) is 19.4. The summed E-state index contributed by atoms with van der Waals surface area (Å²) in [7, 11) is 0. The maximum atomic E-state index is 11.0. The molecule has 0 fully saturated rings. The standard InChI is InChI=1S/C13H20O4/c1-2-3-4-6-9-7-5-8-10(9)11(12(14)15)13(16)17/h7,10-11H,2-6,8H2,1H3,(H,14,15)(H,16,17). The van der Waals surface area contributed by atoms with Crippen molar-refractivity contribution < 1.29 is 19.8 Å². The molecule has 0 aliphatic heterocycles. The number of rotatable bonds is 7. The highest BCUT2D eigenvalue weighted by Crippen LogP contribution is 2.35. The van der Waals surface area contributed by atoms with Gasteiger partial charge in [-0.25, -0.2) is 0 Å². The van der Waals surface area contributed by atoms with E-state index in [0.717, 1.165) is 37.7 Å². The monoisotopic (exact) mass is 240 g/mol. The van der Waals surface area contributed by atoms with E-state index in [2.05, 4.69) is 6.92 Å². The molecule has 0 aromatic carbocycles. The van der Waals surface area contributed by atoms with E-state index in [1.165, 1.54) is 0 Å². The smallest absolute Gasteiger partial charge is 0.318 e. The zero-order chi connectivity index (χ0) is 12.8. The van der Waals surface area contributed by atoms with Crippen molar-refractivity contribution in [1.82, 2.24) is 0 Å². The van der Waals surface area contributed by atoms with Crippen molar-refractivity contribution in [2.24, 2.45) is 11.8 Å². The summed E-state index contributed by atoms with van der Waals surface area (Å²) in [4.78, 5) is 22.0. The molecule has 0 heterocycles. The Kier molecular flexibility index (Phi) is 5.19. The summed E-state index contributed by atoms with van der Waals surface area (Å²) in [5.41, 5.74) is 1.04. The van der Waals surface area contributed by atoms with Gasteiger partial charge in [0.2, 0.25) is 0 Å². The Morgan fingerprint density at radius 1 is 1.35 bits per heavy atom. The van der Waals surface area contributed by atoms with Crippen LogP contribution in [0.5, 0.6) is 0 Å². The molecule has 4 nitrogen and oxygen atoms in total. The first-order valence-electron chi connectivity index (χ1n) is 6.22. The quantitative estimate of drug-likeness (QED) is 0.407. The van der Waals surface area contributed by atoms with Gasteiger partial charge >= 0.3 is 11.9 Å². The molecular formula is C13H20O4. The molecular weight excluding hydrogens is 220 g/mol. The van der Waals surface area contributed by atoms with Gasteiger partial charge in [-0.1, -0.05) is 31.4 Å². The maximum absolute atomic E-state index is 11.0. The average molecular weight is 240 g/mol. The number of carbonyl (C=O) groups is 2. The van der Waals surface area contributed by atoms with E-state index in [0.29, 0.717) is 6.42 Å². The largest absolute Gasteiger partial charge is 0.481 e. The first kappa shape index (κ1) is 13.7. The van der Waals surface area contributed by atoms with Gasteiger partial charge in [-0.15, -0.1) is 0 Å². The molecule has 1 rings (SSSR count). The SMILES string of the molecule is CCCCCC1=CCCC1C(C(=O)O)C(=O)O. The molecule has 0 spiro atoms. The Hall–Kier alpha value is -1.32. The molecule has 0 saturated heterocycles. The van der Waals surface area contributed by atoms with Crippen LogP contribution in [-0.2, 0) is 9.59 Å². The minimum Gasteiger partial charge on any atom is -0.481 e. The summed E-state index contributed by atoms with van der Waals surface area (Å²) in [5, 5.41) is 18.0. The van der Waals surface area contributed by atoms with Gasteiger partial charge in [0.1, 0.15) is 0 Å². The van der Waals surface area contributed by atoms with Gasteiger partial charge in [0.25, 0.3) is 0 Å². The van der Waals surface area contributed by atoms with Crippen LogP contribution < -0.4 is 0 Å². The van der Waals surface area contributed by atoms with E-state index in [1.807, 2.05) is 6.08 Å². The molecule has 96 valence electrons. The Balaban J connectivity index is 2.65. The van der Waals surface area contributed by atoms with E-state index < -0.39 is 17.9 Å². The molecule has 0 aromatic rings. The predicted molar refractivity (Wildman–Crippen MR) is 63.7 cm³/mol. The van der Waals surface area contributed by atoms with Crippen molar-refractivity contribution in [2.45, 2.75) is 45.4 Å². The lowest BCUT2D eigenvalue weighted by Gasteiger charge is -2.19. The molecule has 4 heteroatoms. The van der Waals surface area contributed by atoms with Crippen molar-refractivity contribution >= 4 is 11.9 Å². The van der Waals surface area contributed by atoms with Gasteiger partial charge < -0.3 is 10.2 Å². The van der Waals surface area contributed by atoms with Crippen molar-refractivity contribution in [2.75, 3.05) is 0 Å². The second-order valence-corrected chi connectivity index (χ2v) is 4.57. The van der Waals surface area contributed by atoms with Crippen LogP contribution in [0.4, 0.5) is 0 Å². The fourth-order valence-electron chi connectivity index (χ4n) is 2.48. The fourth-order valence-corrected chi connectivity index (χ4v) is 2.48. The third-order valence-corrected chi connectivity index (χ3v) is 3.36. The Bertz CT molecular complexity index is 305. The lowest BCUT2D eigenvalue weighted by molar-refractivity contribution is -0.156. The molecule has 17 heavy (non-hydrogen) atoms. The molecule has 1 unspecified atom stereocenters. The molecule has 1 aliphatic carbocycles. The highest BCUT2D eigenvalue weighted by atomic mass is 16.4. The van der Waals surface area contributed by atoms with Gasteiger partial charge in [0.15, 0.2) is 5.92 Å². The van der Waals surface area contributed by atoms with Gasteiger partial charge in [-0.3, -0.25) is 9.59 Å². The van der Waals surface area contributed by atoms with Crippen molar-refractivity contribution in [3.8, 4) is 0 Å². The molecule has 2 N–H and O–H groups in total. The van der Waals surface area contributed by atoms with Gasteiger partial charge in [0.05, 0.1) is 0 Å². The van der Waals surface area contributed by atoms with Crippen LogP contribution in [0.1, 0.15) is 45.4 Å². The summed E-state index contributed by atoms with van der Waals surface area (Å²) < 4.78 is 0. The second kappa shape index (κ2) is 6.42. The molecule has 0 aromatic heterocycles. The fraction of sp³-hybridized carbons (Fsp3) is 0.692. The number of allylic oxidation sites excluding steroid dienone is 2. The van der Waals surface area contributed by atoms with Crippen LogP contribution in [0.25, 0.3) is 0 Å². The van der Waals surface area contributed by atoms with Gasteiger partial charge in [0, 0.05) is 5.92 Å². The van der Waals surface area contributed by atoms with Crippen LogP contribution in [0.15, 0.2) is 11.6 Å². The molecule has 1 atom stereocenters. The third kappa shape index (κ3) is 3.58. The van der Waals surface area contributed by atoms with Gasteiger partial charge in [-0.2, -0.15) is 0 Å². The van der Waals surface area contributed by atoms with Crippen LogP contribution >= 0.6 is 0 Å². The van der Waals surface area contributed by atoms with E-state index in [9.17, 15) is 9.59 Å². The van der Waals surface area contributed by atoms with Crippen LogP contribution in [0, 0.1) is 11.8 Å². The average Bonchev–Trinajstić information content (AvgIpc) is 2.66. The minimum atomic E-state index is -1.27. The van der Waals surface area contributed by atoms with E-state index in [4.69, 9.17) is 10.2 Å². The predicted octanol–water partition coefficient (Wildman–Crippen LogP) is 2.69. The Labute approximate surface area is 101 Å². The van der Waals surface area contributed by atoms with E-state index in [1.54, 1.807) is 0 Å². The van der Waals surface area contributed by atoms with Crippen molar-refractivity contribution in [1.29, 1.82) is 0 Å². The van der Waals surface area contributed by atoms with Crippen LogP contribution in [0.2, 0.25) is 0 Å². The lowest BCUT2D eigenvalue weighted by Crippen LogP contribution is -2.31. The third-order valence-electron chi connectivity index (χ3n) is 3.36. The molecule has 0 saturated carbocycles. The minimum absolute atomic E-state index is 0.304. The first-order chi connectivity index (χ1) is 8.07. The number of aliphatic carboxylic acids is 2. The molecule has 1 aliphatic rings. The summed E-state index contributed by atoms with van der Waals surface area (Å²) in [6.07, 6.45) is 7.57. The molecule has 0 amide bonds. The summed E-state index contributed by atoms with van der Waals surface area (Å²) in [5.74, 6) is -4.01. The number of carboxylic acid groups (broad SMARTS) is 2. The number of carboxylic acids is 2. The van der Waals surface area contributed by atoms with Crippen molar-refractivity contribution in [3.63, 3.8) is 0 Å². The highest BCUT2D eigenvalue weighted by molar-refractivity contribution is 5.93. The summed E-state index contributed by atoms with van der Waals surface area (Å²) >= 11 is 0. The Morgan fingerprint density at radius 2 is 2.00 bits per heavy atom. The highest BCUT2D eigenvalue weighted by Gasteiger charge is 2.37. The van der Waals surface area contributed by atoms with E-state index in [-0.39, 0.29) is 5.92 Å². The second-order valence-electron chi connectivity index (χ2n) is 4.57. The van der Waals surface area contributed by atoms with Crippen molar-refractivity contribution in [3.05, 3.63) is 11.6 Å². The number of unbranched alkanes of at least 4 members (excludes halogenated alkanes) is 2. The number of hydrogen-bond donors (Lipinski definition) is 2. The molecule has 0 radical (unpaired) electrons. The van der Waals surface area contributed by atoms with Crippen LogP contribution in [-0.4, -0.2) is 22.2 Å². The molecule has 0 bridgehead atoms. The van der Waals surface area contributed by atoms with E-state index >= 15 is 0 Å². The first-order valence-corrected chi connectivity index (χ1v) is 6.22. The summed E-state index contributed by atoms with van der Waals surface area (Å²) in [6.45, 7) is 2.11. The van der Waals surface area contributed by atoms with Gasteiger partial charge in [-0.05, 0) is 25.7 Å². The Morgan fingerprint density at radius 3 is 2.53 bits per heavy atom. The zero-order valence-electron chi connectivity index (χ0n) is 10.2. The number of hydrogen-bond acceptors (Lipinski definition) is 2. The maximum Gasteiger partial charge on any atom is 0.318 e. The topological polar surface area (TPSA) is 74.6 Å². The lowest BCUT2D eigenvalue weighted by atomic mass is 9.84. The summed E-state index contributed by atoms with van der Waals surface area (Å²) in [6, 6.07) is 0. The van der Waals surface area contributed by atoms with Crippen LogP contribution in [0.3, 0.4) is 0 Å².